The number of piperazine rings is 1. The minimum atomic E-state index is -1.40. The number of nitrogens with one attached hydrogen (secondary N) is 2. The Morgan fingerprint density at radius 1 is 1.25 bits per heavy atom. The zero-order valence-corrected chi connectivity index (χ0v) is 15.3. The van der Waals surface area contributed by atoms with Gasteiger partial charge in [0.05, 0.1) is 16.8 Å². The molecular formula is C18H20F2N4O4. The zero-order chi connectivity index (χ0) is 20.4. The average molecular weight is 394 g/mol. The second-order valence-corrected chi connectivity index (χ2v) is 6.54. The number of halogens is 2. The summed E-state index contributed by atoms with van der Waals surface area (Å²) in [6, 6.07) is -0.118. The van der Waals surface area contributed by atoms with Gasteiger partial charge in [-0.3, -0.25) is 19.3 Å². The van der Waals surface area contributed by atoms with Crippen LogP contribution in [0.4, 0.5) is 14.5 Å². The number of nitrogens with zero attached hydrogens (tertiary/aromatic N) is 2. The summed E-state index contributed by atoms with van der Waals surface area (Å²) in [5.74, 6) is -5.23. The average Bonchev–Trinajstić information content (AvgIpc) is 2.96. The third-order valence-electron chi connectivity index (χ3n) is 4.95. The van der Waals surface area contributed by atoms with E-state index in [4.69, 9.17) is 0 Å². The lowest BCUT2D eigenvalue weighted by Gasteiger charge is -2.30. The molecule has 0 spiro atoms. The van der Waals surface area contributed by atoms with Crippen LogP contribution in [0.25, 0.3) is 0 Å². The van der Waals surface area contributed by atoms with Crippen LogP contribution in [0.5, 0.6) is 0 Å². The molecule has 1 atom stereocenters. The molecule has 1 aromatic rings. The van der Waals surface area contributed by atoms with Gasteiger partial charge in [-0.1, -0.05) is 0 Å². The number of hydrogen-bond acceptors (Lipinski definition) is 6. The van der Waals surface area contributed by atoms with Crippen molar-refractivity contribution in [3.8, 4) is 0 Å². The summed E-state index contributed by atoms with van der Waals surface area (Å²) in [4.78, 5) is 50.6. The van der Waals surface area contributed by atoms with Crippen molar-refractivity contribution in [2.45, 2.75) is 18.9 Å². The van der Waals surface area contributed by atoms with Crippen LogP contribution in [-0.2, 0) is 9.59 Å². The largest absolute Gasteiger partial charge is 0.367 e. The number of amides is 3. The van der Waals surface area contributed by atoms with E-state index in [1.165, 1.54) is 13.1 Å². The molecule has 1 aromatic carbocycles. The number of fused-ring (bicyclic) bond motifs is 1. The predicted octanol–water partition coefficient (Wildman–Crippen LogP) is 0.0641. The summed E-state index contributed by atoms with van der Waals surface area (Å²) in [6.45, 7) is 1.98. The van der Waals surface area contributed by atoms with Crippen LogP contribution in [-0.4, -0.2) is 68.2 Å². The van der Waals surface area contributed by atoms with Gasteiger partial charge in [-0.2, -0.15) is 0 Å². The van der Waals surface area contributed by atoms with Crippen LogP contribution in [0.15, 0.2) is 6.07 Å². The molecule has 150 valence electrons. The standard InChI is InChI=1S/C18H20F2N4O4/c1-21-16(26)11(3-2-8-25)24-17(27)10-9-12(23-6-4-22-5-7-23)14(19)15(20)13(10)18(24)28/h8-9,11,22H,2-7H2,1H3,(H,21,26). The van der Waals surface area contributed by atoms with E-state index >= 15 is 0 Å². The Labute approximate surface area is 159 Å². The molecule has 28 heavy (non-hydrogen) atoms. The first-order valence-corrected chi connectivity index (χ1v) is 8.93. The van der Waals surface area contributed by atoms with Crippen molar-refractivity contribution in [1.29, 1.82) is 0 Å². The summed E-state index contributed by atoms with van der Waals surface area (Å²) in [7, 11) is 1.32. The monoisotopic (exact) mass is 394 g/mol. The molecule has 3 amide bonds. The van der Waals surface area contributed by atoms with Gasteiger partial charge in [-0.05, 0) is 12.5 Å². The van der Waals surface area contributed by atoms with Crippen molar-refractivity contribution in [2.75, 3.05) is 38.1 Å². The molecule has 8 nitrogen and oxygen atoms in total. The summed E-state index contributed by atoms with van der Waals surface area (Å²) in [5.41, 5.74) is -1.05. The number of anilines is 1. The van der Waals surface area contributed by atoms with Gasteiger partial charge in [0.2, 0.25) is 5.91 Å². The van der Waals surface area contributed by atoms with Crippen molar-refractivity contribution in [1.82, 2.24) is 15.5 Å². The first-order chi connectivity index (χ1) is 13.4. The number of aldehydes is 1. The minimum absolute atomic E-state index is 0.0750. The molecular weight excluding hydrogens is 374 g/mol. The maximum atomic E-state index is 14.7. The van der Waals surface area contributed by atoms with Gasteiger partial charge in [0.15, 0.2) is 11.6 Å². The third-order valence-corrected chi connectivity index (χ3v) is 4.95. The molecule has 3 rings (SSSR count). The molecule has 0 radical (unpaired) electrons. The van der Waals surface area contributed by atoms with Gasteiger partial charge in [0.25, 0.3) is 11.8 Å². The number of rotatable bonds is 6. The van der Waals surface area contributed by atoms with Crippen molar-refractivity contribution >= 4 is 29.7 Å². The zero-order valence-electron chi connectivity index (χ0n) is 15.3. The van der Waals surface area contributed by atoms with E-state index < -0.39 is 41.0 Å². The van der Waals surface area contributed by atoms with Gasteiger partial charge < -0.3 is 20.3 Å². The normalized spacial score (nSPS) is 17.5. The van der Waals surface area contributed by atoms with Gasteiger partial charge >= 0.3 is 0 Å². The Hall–Kier alpha value is -2.88. The fourth-order valence-electron chi connectivity index (χ4n) is 3.52. The Kier molecular flexibility index (Phi) is 5.68. The number of imide groups is 1. The molecule has 0 saturated carbocycles. The van der Waals surface area contributed by atoms with Gasteiger partial charge in [-0.15, -0.1) is 0 Å². The summed E-state index contributed by atoms with van der Waals surface area (Å²) in [6.07, 6.45) is 0.370. The number of carbonyl (C=O) groups excluding carboxylic acids is 4. The molecule has 2 aliphatic heterocycles. The lowest BCUT2D eigenvalue weighted by atomic mass is 10.1. The molecule has 10 heteroatoms. The smallest absolute Gasteiger partial charge is 0.265 e. The quantitative estimate of drug-likeness (QED) is 0.523. The fourth-order valence-corrected chi connectivity index (χ4v) is 3.52. The van der Waals surface area contributed by atoms with Crippen LogP contribution < -0.4 is 15.5 Å². The van der Waals surface area contributed by atoms with Crippen LogP contribution in [0, 0.1) is 11.6 Å². The van der Waals surface area contributed by atoms with Crippen molar-refractivity contribution in [3.63, 3.8) is 0 Å². The van der Waals surface area contributed by atoms with E-state index in [0.717, 1.165) is 0 Å². The molecule has 2 aliphatic rings. The number of hydrogen-bond donors (Lipinski definition) is 2. The second-order valence-electron chi connectivity index (χ2n) is 6.54. The molecule has 2 N–H and O–H groups in total. The van der Waals surface area contributed by atoms with Gasteiger partial charge in [0, 0.05) is 39.6 Å². The first kappa shape index (κ1) is 19.9. The summed E-state index contributed by atoms with van der Waals surface area (Å²) >= 11 is 0. The molecule has 1 fully saturated rings. The highest BCUT2D eigenvalue weighted by atomic mass is 19.2. The number of carbonyl (C=O) groups is 4. The van der Waals surface area contributed by atoms with Crippen molar-refractivity contribution < 1.29 is 28.0 Å². The fraction of sp³-hybridized carbons (Fsp3) is 0.444. The van der Waals surface area contributed by atoms with Crippen molar-refractivity contribution in [2.24, 2.45) is 0 Å². The first-order valence-electron chi connectivity index (χ1n) is 8.93. The lowest BCUT2D eigenvalue weighted by Crippen LogP contribution is -2.48. The van der Waals surface area contributed by atoms with Crippen LogP contribution in [0.2, 0.25) is 0 Å². The van der Waals surface area contributed by atoms with Gasteiger partial charge in [0.1, 0.15) is 12.3 Å². The van der Waals surface area contributed by atoms with Crippen LogP contribution in [0.3, 0.4) is 0 Å². The summed E-state index contributed by atoms with van der Waals surface area (Å²) in [5, 5.41) is 5.41. The number of likely N-dealkylation sites (N-methyl/N-ethyl adjacent to an activating group) is 1. The molecule has 0 bridgehead atoms. The molecule has 0 aromatic heterocycles. The Bertz CT molecular complexity index is 839. The molecule has 0 aliphatic carbocycles. The van der Waals surface area contributed by atoms with Crippen LogP contribution in [0.1, 0.15) is 33.6 Å². The lowest BCUT2D eigenvalue weighted by molar-refractivity contribution is -0.124. The highest BCUT2D eigenvalue weighted by molar-refractivity contribution is 6.23. The van der Waals surface area contributed by atoms with E-state index in [2.05, 4.69) is 10.6 Å². The molecule has 1 saturated heterocycles. The number of benzene rings is 1. The maximum absolute atomic E-state index is 14.7. The molecule has 2 heterocycles. The summed E-state index contributed by atoms with van der Waals surface area (Å²) < 4.78 is 29.4. The van der Waals surface area contributed by atoms with E-state index in [9.17, 15) is 28.0 Å². The van der Waals surface area contributed by atoms with Crippen molar-refractivity contribution in [3.05, 3.63) is 28.8 Å². The SMILES string of the molecule is CNC(=O)C(CCC=O)N1C(=O)c2cc(N3CCNCC3)c(F)c(F)c2C1=O. The maximum Gasteiger partial charge on any atom is 0.265 e. The topological polar surface area (TPSA) is 98.8 Å². The van der Waals surface area contributed by atoms with Crippen LogP contribution >= 0.6 is 0 Å². The highest BCUT2D eigenvalue weighted by Gasteiger charge is 2.45. The Morgan fingerprint density at radius 3 is 2.54 bits per heavy atom. The second kappa shape index (κ2) is 8.01. The third kappa shape index (κ3) is 3.24. The van der Waals surface area contributed by atoms with E-state index in [0.29, 0.717) is 37.4 Å². The van der Waals surface area contributed by atoms with Gasteiger partial charge in [-0.25, -0.2) is 8.78 Å². The van der Waals surface area contributed by atoms with E-state index in [-0.39, 0.29) is 24.1 Å². The van der Waals surface area contributed by atoms with E-state index in [1.807, 2.05) is 0 Å². The molecule has 1 unspecified atom stereocenters. The minimum Gasteiger partial charge on any atom is -0.367 e. The van der Waals surface area contributed by atoms with E-state index in [1.54, 1.807) is 4.90 Å². The highest BCUT2D eigenvalue weighted by Crippen LogP contribution is 2.34. The Balaban J connectivity index is 2.03. The Morgan fingerprint density at radius 2 is 1.93 bits per heavy atom. The predicted molar refractivity (Wildman–Crippen MR) is 95.1 cm³/mol.